The Morgan fingerprint density at radius 1 is 1.09 bits per heavy atom. The van der Waals surface area contributed by atoms with Crippen LogP contribution >= 0.6 is 0 Å². The van der Waals surface area contributed by atoms with Gasteiger partial charge in [0.2, 0.25) is 5.91 Å². The normalized spacial score (nSPS) is 10.1. The van der Waals surface area contributed by atoms with Crippen LogP contribution in [0, 0.1) is 11.6 Å². The molecule has 2 amide bonds. The predicted octanol–water partition coefficient (Wildman–Crippen LogP) is 0.801. The van der Waals surface area contributed by atoms with E-state index >= 15 is 0 Å². The van der Waals surface area contributed by atoms with Gasteiger partial charge in [-0.05, 0) is 12.1 Å². The van der Waals surface area contributed by atoms with Crippen LogP contribution in [0.2, 0.25) is 0 Å². The van der Waals surface area contributed by atoms with E-state index in [1.54, 1.807) is 0 Å². The SMILES string of the molecule is O=C(CNC(=O)c1cnccn1)NCc1c(F)cccc1F. The molecular weight excluding hydrogens is 294 g/mol. The van der Waals surface area contributed by atoms with Gasteiger partial charge >= 0.3 is 0 Å². The molecule has 0 atom stereocenters. The van der Waals surface area contributed by atoms with Crippen molar-refractivity contribution in [3.05, 3.63) is 59.7 Å². The average Bonchev–Trinajstić information content (AvgIpc) is 2.53. The summed E-state index contributed by atoms with van der Waals surface area (Å²) in [5, 5.41) is 4.64. The number of nitrogens with zero attached hydrogens (tertiary/aromatic N) is 2. The van der Waals surface area contributed by atoms with Gasteiger partial charge in [-0.2, -0.15) is 0 Å². The van der Waals surface area contributed by atoms with E-state index in [2.05, 4.69) is 20.6 Å². The highest BCUT2D eigenvalue weighted by Gasteiger charge is 2.11. The first-order valence-corrected chi connectivity index (χ1v) is 6.31. The Labute approximate surface area is 124 Å². The fourth-order valence-corrected chi connectivity index (χ4v) is 1.62. The molecule has 1 heterocycles. The Bertz CT molecular complexity index is 660. The van der Waals surface area contributed by atoms with Crippen LogP contribution in [0.15, 0.2) is 36.8 Å². The maximum atomic E-state index is 13.4. The lowest BCUT2D eigenvalue weighted by molar-refractivity contribution is -0.120. The zero-order chi connectivity index (χ0) is 15.9. The summed E-state index contributed by atoms with van der Waals surface area (Å²) in [6.45, 7) is -0.649. The largest absolute Gasteiger partial charge is 0.350 e. The number of rotatable bonds is 5. The van der Waals surface area contributed by atoms with E-state index in [0.29, 0.717) is 0 Å². The second kappa shape index (κ2) is 7.21. The van der Waals surface area contributed by atoms with Crippen molar-refractivity contribution in [3.8, 4) is 0 Å². The standard InChI is InChI=1S/C14H12F2N4O2/c15-10-2-1-3-11(16)9(10)6-19-13(21)8-20-14(22)12-7-17-4-5-18-12/h1-5,7H,6,8H2,(H,19,21)(H,20,22). The van der Waals surface area contributed by atoms with Crippen molar-refractivity contribution < 1.29 is 18.4 Å². The van der Waals surface area contributed by atoms with Crippen molar-refractivity contribution >= 4 is 11.8 Å². The lowest BCUT2D eigenvalue weighted by Crippen LogP contribution is -2.37. The van der Waals surface area contributed by atoms with Gasteiger partial charge in [0.25, 0.3) is 5.91 Å². The summed E-state index contributed by atoms with van der Waals surface area (Å²) in [5.74, 6) is -2.65. The fraction of sp³-hybridized carbons (Fsp3) is 0.143. The quantitative estimate of drug-likeness (QED) is 0.856. The summed E-state index contributed by atoms with van der Waals surface area (Å²) >= 11 is 0. The molecule has 0 aliphatic rings. The highest BCUT2D eigenvalue weighted by atomic mass is 19.1. The Morgan fingerprint density at radius 2 is 1.82 bits per heavy atom. The Hall–Kier alpha value is -2.90. The van der Waals surface area contributed by atoms with Gasteiger partial charge < -0.3 is 10.6 Å². The molecule has 2 rings (SSSR count). The van der Waals surface area contributed by atoms with Gasteiger partial charge in [0, 0.05) is 24.5 Å². The van der Waals surface area contributed by atoms with Crippen molar-refractivity contribution in [2.24, 2.45) is 0 Å². The van der Waals surface area contributed by atoms with Crippen LogP contribution in [-0.4, -0.2) is 28.3 Å². The molecule has 6 nitrogen and oxygen atoms in total. The van der Waals surface area contributed by atoms with Gasteiger partial charge in [0.05, 0.1) is 12.7 Å². The number of hydrogen-bond donors (Lipinski definition) is 2. The fourth-order valence-electron chi connectivity index (χ4n) is 1.62. The molecule has 114 valence electrons. The number of nitrogens with one attached hydrogen (secondary N) is 2. The lowest BCUT2D eigenvalue weighted by atomic mass is 10.2. The Kier molecular flexibility index (Phi) is 5.07. The number of carbonyl (C=O) groups is 2. The van der Waals surface area contributed by atoms with E-state index < -0.39 is 23.4 Å². The molecule has 0 unspecified atom stereocenters. The third-order valence-corrected chi connectivity index (χ3v) is 2.73. The first-order chi connectivity index (χ1) is 10.6. The number of hydrogen-bond acceptors (Lipinski definition) is 4. The summed E-state index contributed by atoms with van der Waals surface area (Å²) in [5.41, 5.74) is -0.174. The first kappa shape index (κ1) is 15.5. The molecule has 0 fully saturated rings. The van der Waals surface area contributed by atoms with E-state index in [0.717, 1.165) is 12.1 Å². The first-order valence-electron chi connectivity index (χ1n) is 6.31. The third kappa shape index (κ3) is 4.05. The molecule has 8 heteroatoms. The second-order valence-corrected chi connectivity index (χ2v) is 4.25. The van der Waals surface area contributed by atoms with Crippen molar-refractivity contribution in [2.75, 3.05) is 6.54 Å². The minimum atomic E-state index is -0.746. The van der Waals surface area contributed by atoms with Crippen molar-refractivity contribution in [1.29, 1.82) is 0 Å². The summed E-state index contributed by atoms with van der Waals surface area (Å²) in [6.07, 6.45) is 4.00. The van der Waals surface area contributed by atoms with Crippen LogP contribution in [0.4, 0.5) is 8.78 Å². The van der Waals surface area contributed by atoms with Crippen molar-refractivity contribution in [3.63, 3.8) is 0 Å². The molecule has 22 heavy (non-hydrogen) atoms. The van der Waals surface area contributed by atoms with Gasteiger partial charge in [-0.15, -0.1) is 0 Å². The maximum absolute atomic E-state index is 13.4. The lowest BCUT2D eigenvalue weighted by Gasteiger charge is -2.08. The molecule has 0 spiro atoms. The van der Waals surface area contributed by atoms with E-state index in [1.807, 2.05) is 0 Å². The van der Waals surface area contributed by atoms with Crippen LogP contribution in [0.3, 0.4) is 0 Å². The molecule has 1 aromatic heterocycles. The van der Waals surface area contributed by atoms with E-state index in [-0.39, 0.29) is 24.3 Å². The molecule has 0 bridgehead atoms. The van der Waals surface area contributed by atoms with E-state index in [4.69, 9.17) is 0 Å². The molecule has 0 aliphatic heterocycles. The molecular formula is C14H12F2N4O2. The monoisotopic (exact) mass is 306 g/mol. The highest BCUT2D eigenvalue weighted by molar-refractivity contribution is 5.94. The molecule has 2 aromatic rings. The van der Waals surface area contributed by atoms with Gasteiger partial charge in [-0.1, -0.05) is 6.07 Å². The molecule has 0 aliphatic carbocycles. The summed E-state index contributed by atoms with van der Waals surface area (Å²) in [4.78, 5) is 30.7. The zero-order valence-corrected chi connectivity index (χ0v) is 11.3. The number of carbonyl (C=O) groups excluding carboxylic acids is 2. The summed E-state index contributed by atoms with van der Waals surface area (Å²) < 4.78 is 26.7. The van der Waals surface area contributed by atoms with Gasteiger partial charge in [0.15, 0.2) is 0 Å². The highest BCUT2D eigenvalue weighted by Crippen LogP contribution is 2.11. The van der Waals surface area contributed by atoms with Crippen LogP contribution < -0.4 is 10.6 Å². The predicted molar refractivity (Wildman–Crippen MR) is 72.6 cm³/mol. The number of aromatic nitrogens is 2. The maximum Gasteiger partial charge on any atom is 0.271 e. The smallest absolute Gasteiger partial charge is 0.271 e. The van der Waals surface area contributed by atoms with Crippen molar-refractivity contribution in [1.82, 2.24) is 20.6 Å². The Morgan fingerprint density at radius 3 is 2.45 bits per heavy atom. The van der Waals surface area contributed by atoms with E-state index in [1.165, 1.54) is 24.7 Å². The number of amides is 2. The van der Waals surface area contributed by atoms with Crippen LogP contribution in [0.5, 0.6) is 0 Å². The van der Waals surface area contributed by atoms with Gasteiger partial charge in [-0.25, -0.2) is 13.8 Å². The minimum Gasteiger partial charge on any atom is -0.350 e. The zero-order valence-electron chi connectivity index (χ0n) is 11.3. The summed E-state index contributed by atoms with van der Waals surface area (Å²) in [7, 11) is 0. The average molecular weight is 306 g/mol. The number of benzene rings is 1. The topological polar surface area (TPSA) is 84.0 Å². The third-order valence-electron chi connectivity index (χ3n) is 2.73. The van der Waals surface area contributed by atoms with Crippen LogP contribution in [0.25, 0.3) is 0 Å². The van der Waals surface area contributed by atoms with Crippen LogP contribution in [-0.2, 0) is 11.3 Å². The molecule has 0 radical (unpaired) electrons. The molecule has 0 saturated heterocycles. The van der Waals surface area contributed by atoms with Gasteiger partial charge in [-0.3, -0.25) is 14.6 Å². The molecule has 0 saturated carbocycles. The molecule has 2 N–H and O–H groups in total. The number of halogens is 2. The Balaban J connectivity index is 1.83. The molecule has 1 aromatic carbocycles. The summed E-state index contributed by atoms with van der Waals surface area (Å²) in [6, 6.07) is 3.43. The van der Waals surface area contributed by atoms with Crippen molar-refractivity contribution in [2.45, 2.75) is 6.54 Å². The van der Waals surface area contributed by atoms with Crippen LogP contribution in [0.1, 0.15) is 16.1 Å². The second-order valence-electron chi connectivity index (χ2n) is 4.25. The minimum absolute atomic E-state index is 0.0652. The van der Waals surface area contributed by atoms with E-state index in [9.17, 15) is 18.4 Å². The van der Waals surface area contributed by atoms with Gasteiger partial charge in [0.1, 0.15) is 17.3 Å².